The third kappa shape index (κ3) is 6.37. The lowest BCUT2D eigenvalue weighted by molar-refractivity contribution is -0.143. The van der Waals surface area contributed by atoms with E-state index in [1.807, 2.05) is 5.32 Å². The van der Waals surface area contributed by atoms with Crippen molar-refractivity contribution in [3.8, 4) is 0 Å². The number of carbonyl (C=O) groups excluding carboxylic acids is 2. The molecular formula is C11H10Cl2N2O5. The molecule has 0 aromatic heterocycles. The molecule has 3 amide bonds. The Morgan fingerprint density at radius 3 is 2.25 bits per heavy atom. The van der Waals surface area contributed by atoms with Gasteiger partial charge >= 0.3 is 12.0 Å². The van der Waals surface area contributed by atoms with Gasteiger partial charge in [0.05, 0.1) is 0 Å². The van der Waals surface area contributed by atoms with Gasteiger partial charge in [-0.05, 0) is 18.2 Å². The van der Waals surface area contributed by atoms with Crippen LogP contribution in [0.4, 0.5) is 10.5 Å². The highest BCUT2D eigenvalue weighted by Crippen LogP contribution is 2.22. The maximum Gasteiger partial charge on any atom is 0.329 e. The Morgan fingerprint density at radius 2 is 1.70 bits per heavy atom. The van der Waals surface area contributed by atoms with Crippen molar-refractivity contribution >= 4 is 46.8 Å². The number of hydrogen-bond acceptors (Lipinski definition) is 4. The van der Waals surface area contributed by atoms with E-state index in [0.29, 0.717) is 15.7 Å². The second kappa shape index (κ2) is 7.68. The van der Waals surface area contributed by atoms with Crippen molar-refractivity contribution in [3.63, 3.8) is 0 Å². The normalized spacial score (nSPS) is 9.90. The van der Waals surface area contributed by atoms with Gasteiger partial charge in [0.2, 0.25) is 0 Å². The number of nitrogens with one attached hydrogen (secondary N) is 2. The highest BCUT2D eigenvalue weighted by molar-refractivity contribution is 6.35. The maximum absolute atomic E-state index is 11.4. The molecule has 108 valence electrons. The number of aliphatic carboxylic acids is 1. The predicted molar refractivity (Wildman–Crippen MR) is 72.1 cm³/mol. The molecule has 0 unspecified atom stereocenters. The fourth-order valence-electron chi connectivity index (χ4n) is 1.18. The van der Waals surface area contributed by atoms with E-state index in [-0.39, 0.29) is 0 Å². The van der Waals surface area contributed by atoms with E-state index >= 15 is 0 Å². The van der Waals surface area contributed by atoms with Crippen LogP contribution in [0.2, 0.25) is 10.0 Å². The summed E-state index contributed by atoms with van der Waals surface area (Å²) in [7, 11) is 0. The number of amides is 3. The number of anilines is 1. The van der Waals surface area contributed by atoms with E-state index < -0.39 is 31.1 Å². The summed E-state index contributed by atoms with van der Waals surface area (Å²) >= 11 is 11.5. The molecule has 0 aliphatic heterocycles. The second-order valence-corrected chi connectivity index (χ2v) is 4.42. The molecule has 1 aromatic carbocycles. The average Bonchev–Trinajstić information content (AvgIpc) is 2.25. The first-order chi connectivity index (χ1) is 9.36. The summed E-state index contributed by atoms with van der Waals surface area (Å²) < 4.78 is 4.51. The van der Waals surface area contributed by atoms with Crippen molar-refractivity contribution in [2.75, 3.05) is 18.5 Å². The maximum atomic E-state index is 11.4. The van der Waals surface area contributed by atoms with Crippen molar-refractivity contribution < 1.29 is 24.2 Å². The van der Waals surface area contributed by atoms with E-state index in [1.54, 1.807) is 0 Å². The minimum atomic E-state index is -1.21. The van der Waals surface area contributed by atoms with Crippen LogP contribution >= 0.6 is 23.2 Å². The Balaban J connectivity index is 2.43. The van der Waals surface area contributed by atoms with Crippen LogP contribution in [-0.2, 0) is 14.3 Å². The zero-order valence-electron chi connectivity index (χ0n) is 9.98. The van der Waals surface area contributed by atoms with Crippen molar-refractivity contribution in [1.29, 1.82) is 0 Å². The molecule has 0 saturated heterocycles. The molecule has 0 radical (unpaired) electrons. The minimum absolute atomic E-state index is 0.305. The summed E-state index contributed by atoms with van der Waals surface area (Å²) in [6.07, 6.45) is 0. The number of carboxylic acid groups (broad SMARTS) is 1. The Labute approximate surface area is 123 Å². The van der Waals surface area contributed by atoms with Gasteiger partial charge in [-0.25, -0.2) is 9.59 Å². The summed E-state index contributed by atoms with van der Waals surface area (Å²) in [5.41, 5.74) is 0.305. The topological polar surface area (TPSA) is 105 Å². The lowest BCUT2D eigenvalue weighted by atomic mass is 10.3. The molecule has 0 aliphatic carbocycles. The number of benzene rings is 1. The molecule has 1 aromatic rings. The number of ether oxygens (including phenoxy) is 1. The van der Waals surface area contributed by atoms with Crippen molar-refractivity contribution in [2.24, 2.45) is 0 Å². The van der Waals surface area contributed by atoms with Gasteiger partial charge < -0.3 is 15.2 Å². The third-order valence-electron chi connectivity index (χ3n) is 1.83. The molecule has 7 nitrogen and oxygen atoms in total. The zero-order chi connectivity index (χ0) is 15.1. The Hall–Kier alpha value is -1.83. The molecule has 0 fully saturated rings. The molecule has 0 saturated carbocycles. The Morgan fingerprint density at radius 1 is 1.10 bits per heavy atom. The molecular weight excluding hydrogens is 311 g/mol. The van der Waals surface area contributed by atoms with E-state index in [9.17, 15) is 14.4 Å². The summed E-state index contributed by atoms with van der Waals surface area (Å²) in [4.78, 5) is 32.8. The van der Waals surface area contributed by atoms with Crippen LogP contribution in [0.25, 0.3) is 0 Å². The zero-order valence-corrected chi connectivity index (χ0v) is 11.5. The number of rotatable bonds is 5. The number of carbonyl (C=O) groups is 3. The quantitative estimate of drug-likeness (QED) is 0.766. The first-order valence-corrected chi connectivity index (χ1v) is 5.99. The van der Waals surface area contributed by atoms with Crippen LogP contribution in [0, 0.1) is 0 Å². The van der Waals surface area contributed by atoms with E-state index in [1.165, 1.54) is 18.2 Å². The van der Waals surface area contributed by atoms with Gasteiger partial charge in [0.25, 0.3) is 5.91 Å². The third-order valence-corrected chi connectivity index (χ3v) is 2.27. The summed E-state index contributed by atoms with van der Waals surface area (Å²) in [5.74, 6) is -1.99. The van der Waals surface area contributed by atoms with Gasteiger partial charge in [0.15, 0.2) is 0 Å². The number of hydrogen-bond donors (Lipinski definition) is 3. The molecule has 3 N–H and O–H groups in total. The molecule has 0 bridgehead atoms. The minimum Gasteiger partial charge on any atom is -0.480 e. The van der Waals surface area contributed by atoms with Crippen molar-refractivity contribution in [1.82, 2.24) is 5.32 Å². The van der Waals surface area contributed by atoms with E-state index in [0.717, 1.165) is 0 Å². The van der Waals surface area contributed by atoms with Gasteiger partial charge in [-0.15, -0.1) is 0 Å². The molecule has 0 aliphatic rings. The van der Waals surface area contributed by atoms with Crippen LogP contribution in [0.1, 0.15) is 0 Å². The highest BCUT2D eigenvalue weighted by atomic mass is 35.5. The van der Waals surface area contributed by atoms with Crippen LogP contribution in [0.5, 0.6) is 0 Å². The van der Waals surface area contributed by atoms with Crippen LogP contribution in [-0.4, -0.2) is 36.2 Å². The molecule has 1 rings (SSSR count). The smallest absolute Gasteiger partial charge is 0.329 e. The SMILES string of the molecule is O=C(O)COCC(=O)NC(=O)Nc1cc(Cl)cc(Cl)c1. The first-order valence-electron chi connectivity index (χ1n) is 5.23. The van der Waals surface area contributed by atoms with Crippen LogP contribution in [0.3, 0.4) is 0 Å². The van der Waals surface area contributed by atoms with Crippen molar-refractivity contribution in [3.05, 3.63) is 28.2 Å². The van der Waals surface area contributed by atoms with Gasteiger partial charge in [-0.1, -0.05) is 23.2 Å². The van der Waals surface area contributed by atoms with Gasteiger partial charge in [0, 0.05) is 15.7 Å². The molecule has 20 heavy (non-hydrogen) atoms. The molecule has 9 heteroatoms. The van der Waals surface area contributed by atoms with E-state index in [4.69, 9.17) is 28.3 Å². The van der Waals surface area contributed by atoms with Gasteiger partial charge in [0.1, 0.15) is 13.2 Å². The standard InChI is InChI=1S/C11H10Cl2N2O5/c12-6-1-7(13)3-8(2-6)14-11(19)15-9(16)4-20-5-10(17)18/h1-3H,4-5H2,(H,17,18)(H2,14,15,16,19). The highest BCUT2D eigenvalue weighted by Gasteiger charge is 2.09. The van der Waals surface area contributed by atoms with Crippen LogP contribution < -0.4 is 10.6 Å². The summed E-state index contributed by atoms with van der Waals surface area (Å²) in [6.45, 7) is -1.17. The fraction of sp³-hybridized carbons (Fsp3) is 0.182. The number of urea groups is 1. The average molecular weight is 321 g/mol. The largest absolute Gasteiger partial charge is 0.480 e. The van der Waals surface area contributed by atoms with E-state index in [2.05, 4.69) is 10.1 Å². The summed E-state index contributed by atoms with van der Waals surface area (Å²) in [5, 5.41) is 13.2. The van der Waals surface area contributed by atoms with Crippen LogP contribution in [0.15, 0.2) is 18.2 Å². The predicted octanol–water partition coefficient (Wildman–Crippen LogP) is 1.74. The van der Waals surface area contributed by atoms with Gasteiger partial charge in [-0.3, -0.25) is 10.1 Å². The number of halogens is 2. The fourth-order valence-corrected chi connectivity index (χ4v) is 1.71. The van der Waals surface area contributed by atoms with Gasteiger partial charge in [-0.2, -0.15) is 0 Å². The van der Waals surface area contributed by atoms with Crippen molar-refractivity contribution in [2.45, 2.75) is 0 Å². The number of carboxylic acids is 1. The monoisotopic (exact) mass is 320 g/mol. The second-order valence-electron chi connectivity index (χ2n) is 3.55. The molecule has 0 spiro atoms. The lowest BCUT2D eigenvalue weighted by Crippen LogP contribution is -2.37. The first kappa shape index (κ1) is 16.2. The number of imide groups is 1. The molecule has 0 heterocycles. The lowest BCUT2D eigenvalue weighted by Gasteiger charge is -2.07. The Kier molecular flexibility index (Phi) is 6.23. The summed E-state index contributed by atoms with van der Waals surface area (Å²) in [6, 6.07) is 3.56. The molecule has 0 atom stereocenters. The Bertz CT molecular complexity index is 515.